The zero-order chi connectivity index (χ0) is 10.1. The topological polar surface area (TPSA) is 46.3 Å². The van der Waals surface area contributed by atoms with Gasteiger partial charge in [0.1, 0.15) is 0 Å². The summed E-state index contributed by atoms with van der Waals surface area (Å²) >= 11 is 0. The third kappa shape index (κ3) is 1.27. The molecule has 0 unspecified atom stereocenters. The van der Waals surface area contributed by atoms with Crippen molar-refractivity contribution in [2.24, 2.45) is 5.73 Å². The molecule has 0 radical (unpaired) electrons. The number of nitrogens with zero attached hydrogens (tertiary/aromatic N) is 1. The molecule has 14 heavy (non-hydrogen) atoms. The molecule has 2 rings (SSSR count). The third-order valence-electron chi connectivity index (χ3n) is 2.52. The van der Waals surface area contributed by atoms with Crippen molar-refractivity contribution in [2.45, 2.75) is 6.42 Å². The van der Waals surface area contributed by atoms with Gasteiger partial charge in [0.15, 0.2) is 0 Å². The maximum absolute atomic E-state index is 11.1. The van der Waals surface area contributed by atoms with Gasteiger partial charge in [0.05, 0.1) is 0 Å². The molecule has 0 saturated carbocycles. The Morgan fingerprint density at radius 2 is 2.14 bits per heavy atom. The van der Waals surface area contributed by atoms with Gasteiger partial charge in [-0.2, -0.15) is 0 Å². The predicted octanol–water partition coefficient (Wildman–Crippen LogP) is 1.59. The lowest BCUT2D eigenvalue weighted by Gasteiger charge is -2.29. The van der Waals surface area contributed by atoms with Crippen molar-refractivity contribution in [3.63, 3.8) is 0 Å². The molecule has 1 aromatic rings. The molecular formula is C11H12N2O. The Balaban J connectivity index is 2.41. The third-order valence-corrected chi connectivity index (χ3v) is 2.52. The largest absolute Gasteiger partial charge is 0.351 e. The molecule has 0 aliphatic carbocycles. The normalized spacial score (nSPS) is 15.1. The van der Waals surface area contributed by atoms with Gasteiger partial charge in [0.25, 0.3) is 0 Å². The number of urea groups is 1. The Morgan fingerprint density at radius 3 is 2.86 bits per heavy atom. The van der Waals surface area contributed by atoms with E-state index in [9.17, 15) is 4.79 Å². The highest BCUT2D eigenvalue weighted by atomic mass is 16.2. The molecule has 1 aliphatic heterocycles. The highest BCUT2D eigenvalue weighted by Crippen LogP contribution is 2.26. The fraction of sp³-hybridized carbons (Fsp3) is 0.182. The molecule has 1 heterocycles. The number of carbonyl (C=O) groups is 1. The summed E-state index contributed by atoms with van der Waals surface area (Å²) in [6.07, 6.45) is 0.845. The summed E-state index contributed by atoms with van der Waals surface area (Å²) in [5.74, 6) is 0. The van der Waals surface area contributed by atoms with Crippen LogP contribution in [0.5, 0.6) is 0 Å². The van der Waals surface area contributed by atoms with Crippen molar-refractivity contribution in [1.82, 2.24) is 4.90 Å². The zero-order valence-corrected chi connectivity index (χ0v) is 7.86. The van der Waals surface area contributed by atoms with Crippen molar-refractivity contribution in [2.75, 3.05) is 6.54 Å². The van der Waals surface area contributed by atoms with Gasteiger partial charge in [-0.05, 0) is 12.0 Å². The number of primary amides is 1. The number of rotatable bonds is 0. The molecule has 3 heteroatoms. The SMILES string of the molecule is C=C1c2ccccc2CCN1C(N)=O. The van der Waals surface area contributed by atoms with Gasteiger partial charge in [-0.3, -0.25) is 4.90 Å². The van der Waals surface area contributed by atoms with E-state index in [1.165, 1.54) is 10.5 Å². The van der Waals surface area contributed by atoms with Crippen LogP contribution >= 0.6 is 0 Å². The Labute approximate surface area is 82.8 Å². The molecule has 0 atom stereocenters. The zero-order valence-electron chi connectivity index (χ0n) is 7.86. The molecule has 3 nitrogen and oxygen atoms in total. The average molecular weight is 188 g/mol. The van der Waals surface area contributed by atoms with Gasteiger partial charge in [-0.25, -0.2) is 4.79 Å². The van der Waals surface area contributed by atoms with Crippen LogP contribution in [-0.4, -0.2) is 17.5 Å². The second-order valence-electron chi connectivity index (χ2n) is 3.34. The highest BCUT2D eigenvalue weighted by molar-refractivity contribution is 5.85. The molecule has 2 amide bonds. The van der Waals surface area contributed by atoms with Gasteiger partial charge in [-0.15, -0.1) is 0 Å². The van der Waals surface area contributed by atoms with E-state index in [2.05, 4.69) is 12.6 Å². The van der Waals surface area contributed by atoms with Gasteiger partial charge in [0.2, 0.25) is 0 Å². The average Bonchev–Trinajstić information content (AvgIpc) is 2.18. The molecule has 1 aliphatic rings. The van der Waals surface area contributed by atoms with E-state index < -0.39 is 6.03 Å². The van der Waals surface area contributed by atoms with Crippen LogP contribution in [0.4, 0.5) is 4.79 Å². The Kier molecular flexibility index (Phi) is 2.00. The minimum absolute atomic E-state index is 0.426. The van der Waals surface area contributed by atoms with Gasteiger partial charge < -0.3 is 5.73 Å². The Hall–Kier alpha value is -1.77. The molecule has 0 aromatic heterocycles. The standard InChI is InChI=1S/C11H12N2O/c1-8-10-5-3-2-4-9(10)6-7-13(8)11(12)14/h2-5H,1,6-7H2,(H2,12,14). The Morgan fingerprint density at radius 1 is 1.43 bits per heavy atom. The number of amides is 2. The van der Waals surface area contributed by atoms with Crippen LogP contribution in [0.2, 0.25) is 0 Å². The lowest BCUT2D eigenvalue weighted by atomic mass is 9.98. The molecule has 1 aromatic carbocycles. The number of fused-ring (bicyclic) bond motifs is 1. The maximum atomic E-state index is 11.1. The number of benzene rings is 1. The molecule has 0 saturated heterocycles. The van der Waals surface area contributed by atoms with Crippen molar-refractivity contribution in [3.8, 4) is 0 Å². The highest BCUT2D eigenvalue weighted by Gasteiger charge is 2.21. The van der Waals surface area contributed by atoms with E-state index in [4.69, 9.17) is 5.73 Å². The summed E-state index contributed by atoms with van der Waals surface area (Å²) in [5.41, 5.74) is 8.21. The monoisotopic (exact) mass is 188 g/mol. The first kappa shape index (κ1) is 8.81. The van der Waals surface area contributed by atoms with Gasteiger partial charge in [-0.1, -0.05) is 30.8 Å². The fourth-order valence-corrected chi connectivity index (χ4v) is 1.78. The van der Waals surface area contributed by atoms with Crippen LogP contribution < -0.4 is 5.73 Å². The van der Waals surface area contributed by atoms with Crippen molar-refractivity contribution in [1.29, 1.82) is 0 Å². The lowest BCUT2D eigenvalue weighted by Crippen LogP contribution is -2.38. The second-order valence-corrected chi connectivity index (χ2v) is 3.34. The van der Waals surface area contributed by atoms with E-state index in [0.717, 1.165) is 12.0 Å². The summed E-state index contributed by atoms with van der Waals surface area (Å²) in [4.78, 5) is 12.6. The lowest BCUT2D eigenvalue weighted by molar-refractivity contribution is 0.227. The second kappa shape index (κ2) is 3.18. The van der Waals surface area contributed by atoms with E-state index in [0.29, 0.717) is 12.2 Å². The summed E-state index contributed by atoms with van der Waals surface area (Å²) in [6.45, 7) is 4.51. The molecule has 0 spiro atoms. The minimum Gasteiger partial charge on any atom is -0.351 e. The molecule has 0 bridgehead atoms. The molecule has 2 N–H and O–H groups in total. The number of carbonyl (C=O) groups excluding carboxylic acids is 1. The number of hydrogen-bond acceptors (Lipinski definition) is 1. The van der Waals surface area contributed by atoms with E-state index in [-0.39, 0.29) is 0 Å². The quantitative estimate of drug-likeness (QED) is 0.660. The van der Waals surface area contributed by atoms with Crippen molar-refractivity contribution < 1.29 is 4.79 Å². The van der Waals surface area contributed by atoms with Crippen LogP contribution in [0.15, 0.2) is 30.8 Å². The van der Waals surface area contributed by atoms with Crippen LogP contribution in [-0.2, 0) is 6.42 Å². The van der Waals surface area contributed by atoms with E-state index >= 15 is 0 Å². The molecule has 0 fully saturated rings. The van der Waals surface area contributed by atoms with Crippen molar-refractivity contribution >= 4 is 11.7 Å². The van der Waals surface area contributed by atoms with E-state index in [1.54, 1.807) is 0 Å². The minimum atomic E-state index is -0.426. The van der Waals surface area contributed by atoms with Crippen LogP contribution in [0.25, 0.3) is 5.70 Å². The van der Waals surface area contributed by atoms with Gasteiger partial charge in [0, 0.05) is 17.8 Å². The first-order chi connectivity index (χ1) is 6.70. The van der Waals surface area contributed by atoms with Crippen LogP contribution in [0.3, 0.4) is 0 Å². The summed E-state index contributed by atoms with van der Waals surface area (Å²) in [6, 6.07) is 7.52. The summed E-state index contributed by atoms with van der Waals surface area (Å²) < 4.78 is 0. The van der Waals surface area contributed by atoms with Crippen LogP contribution in [0, 0.1) is 0 Å². The van der Waals surface area contributed by atoms with E-state index in [1.807, 2.05) is 18.2 Å². The molecule has 72 valence electrons. The maximum Gasteiger partial charge on any atom is 0.319 e. The first-order valence-electron chi connectivity index (χ1n) is 4.54. The van der Waals surface area contributed by atoms with Gasteiger partial charge >= 0.3 is 6.03 Å². The number of nitrogens with two attached hydrogens (primary N) is 1. The predicted molar refractivity (Wildman–Crippen MR) is 55.5 cm³/mol. The smallest absolute Gasteiger partial charge is 0.319 e. The summed E-state index contributed by atoms with van der Waals surface area (Å²) in [7, 11) is 0. The summed E-state index contributed by atoms with van der Waals surface area (Å²) in [5, 5.41) is 0. The van der Waals surface area contributed by atoms with Crippen LogP contribution in [0.1, 0.15) is 11.1 Å². The first-order valence-corrected chi connectivity index (χ1v) is 4.54. The van der Waals surface area contributed by atoms with Crippen molar-refractivity contribution in [3.05, 3.63) is 42.0 Å². The Bertz CT molecular complexity index is 398. The molecular weight excluding hydrogens is 176 g/mol. The fourth-order valence-electron chi connectivity index (χ4n) is 1.78. The number of hydrogen-bond donors (Lipinski definition) is 1.